The van der Waals surface area contributed by atoms with Gasteiger partial charge in [0.25, 0.3) is 0 Å². The van der Waals surface area contributed by atoms with Gasteiger partial charge in [0.2, 0.25) is 0 Å². The zero-order valence-electron chi connectivity index (χ0n) is 10.5. The summed E-state index contributed by atoms with van der Waals surface area (Å²) in [5.74, 6) is 0.217. The monoisotopic (exact) mass is 252 g/mol. The summed E-state index contributed by atoms with van der Waals surface area (Å²) in [5.41, 5.74) is 0.338. The lowest BCUT2D eigenvalue weighted by atomic mass is 10.2. The molecule has 5 heteroatoms. The number of hydrogen-bond acceptors (Lipinski definition) is 5. The van der Waals surface area contributed by atoms with Crippen molar-refractivity contribution in [2.45, 2.75) is 13.8 Å². The van der Waals surface area contributed by atoms with Crippen LogP contribution in [0.1, 0.15) is 24.2 Å². The molecular formula is C13H16O5. The number of para-hydroxylation sites is 1. The van der Waals surface area contributed by atoms with Gasteiger partial charge in [-0.2, -0.15) is 0 Å². The molecule has 0 aliphatic carbocycles. The summed E-state index contributed by atoms with van der Waals surface area (Å²) in [7, 11) is 0. The number of aldehydes is 1. The van der Waals surface area contributed by atoms with Crippen LogP contribution in [0.3, 0.4) is 0 Å². The number of ether oxygens (including phenoxy) is 3. The molecule has 18 heavy (non-hydrogen) atoms. The number of hydrogen-bond donors (Lipinski definition) is 0. The molecule has 0 radical (unpaired) electrons. The highest BCUT2D eigenvalue weighted by Crippen LogP contribution is 2.30. The Bertz CT molecular complexity index is 414. The summed E-state index contributed by atoms with van der Waals surface area (Å²) < 4.78 is 15.4. The molecular weight excluding hydrogens is 236 g/mol. The minimum absolute atomic E-state index is 0.251. The molecule has 0 spiro atoms. The Kier molecular flexibility index (Phi) is 5.70. The largest absolute Gasteiger partial charge is 0.490 e. The number of rotatable bonds is 7. The summed E-state index contributed by atoms with van der Waals surface area (Å²) >= 11 is 0. The SMILES string of the molecule is CCOC(=O)COc1c(C=O)cccc1OCC. The van der Waals surface area contributed by atoms with Crippen molar-refractivity contribution in [2.24, 2.45) is 0 Å². The maximum atomic E-state index is 11.2. The Labute approximate surface area is 106 Å². The van der Waals surface area contributed by atoms with E-state index in [1.54, 1.807) is 25.1 Å². The normalized spacial score (nSPS) is 9.67. The van der Waals surface area contributed by atoms with Gasteiger partial charge < -0.3 is 14.2 Å². The van der Waals surface area contributed by atoms with Gasteiger partial charge in [-0.1, -0.05) is 6.07 Å². The molecule has 0 atom stereocenters. The van der Waals surface area contributed by atoms with Crippen LogP contribution >= 0.6 is 0 Å². The van der Waals surface area contributed by atoms with E-state index in [0.717, 1.165) is 0 Å². The fourth-order valence-corrected chi connectivity index (χ4v) is 1.38. The highest BCUT2D eigenvalue weighted by molar-refractivity contribution is 5.81. The average molecular weight is 252 g/mol. The van der Waals surface area contributed by atoms with Crippen LogP contribution in [-0.4, -0.2) is 32.1 Å². The minimum Gasteiger partial charge on any atom is -0.490 e. The minimum atomic E-state index is -0.486. The first-order valence-electron chi connectivity index (χ1n) is 5.72. The van der Waals surface area contributed by atoms with Gasteiger partial charge in [0, 0.05) is 0 Å². The highest BCUT2D eigenvalue weighted by atomic mass is 16.6. The molecule has 0 aliphatic heterocycles. The van der Waals surface area contributed by atoms with Gasteiger partial charge in [0.1, 0.15) is 0 Å². The van der Waals surface area contributed by atoms with Crippen LogP contribution in [0.15, 0.2) is 18.2 Å². The second-order valence-corrected chi connectivity index (χ2v) is 3.32. The summed E-state index contributed by atoms with van der Waals surface area (Å²) in [6, 6.07) is 4.96. The molecule has 0 unspecified atom stereocenters. The topological polar surface area (TPSA) is 61.8 Å². The maximum Gasteiger partial charge on any atom is 0.344 e. The van der Waals surface area contributed by atoms with Crippen molar-refractivity contribution in [3.63, 3.8) is 0 Å². The zero-order chi connectivity index (χ0) is 13.4. The lowest BCUT2D eigenvalue weighted by Gasteiger charge is -2.12. The second-order valence-electron chi connectivity index (χ2n) is 3.32. The van der Waals surface area contributed by atoms with Crippen molar-refractivity contribution in [3.05, 3.63) is 23.8 Å². The molecule has 0 heterocycles. The van der Waals surface area contributed by atoms with E-state index in [0.29, 0.717) is 24.2 Å². The Hall–Kier alpha value is -2.04. The van der Waals surface area contributed by atoms with Crippen LogP contribution in [0.4, 0.5) is 0 Å². The number of esters is 1. The summed E-state index contributed by atoms with van der Waals surface area (Å²) in [4.78, 5) is 22.1. The van der Waals surface area contributed by atoms with Crippen molar-refractivity contribution < 1.29 is 23.8 Å². The lowest BCUT2D eigenvalue weighted by molar-refractivity contribution is -0.145. The van der Waals surface area contributed by atoms with E-state index in [2.05, 4.69) is 0 Å². The van der Waals surface area contributed by atoms with Crippen molar-refractivity contribution >= 4 is 12.3 Å². The number of carbonyl (C=O) groups excluding carboxylic acids is 2. The Morgan fingerprint density at radius 2 is 2.00 bits per heavy atom. The molecule has 0 amide bonds. The molecule has 0 saturated heterocycles. The van der Waals surface area contributed by atoms with Gasteiger partial charge in [-0.3, -0.25) is 4.79 Å². The molecule has 5 nitrogen and oxygen atoms in total. The number of carbonyl (C=O) groups is 2. The first-order valence-corrected chi connectivity index (χ1v) is 5.72. The van der Waals surface area contributed by atoms with Crippen LogP contribution in [0, 0.1) is 0 Å². The van der Waals surface area contributed by atoms with Crippen LogP contribution < -0.4 is 9.47 Å². The molecule has 1 rings (SSSR count). The van der Waals surface area contributed by atoms with Gasteiger partial charge in [0.05, 0.1) is 18.8 Å². The van der Waals surface area contributed by atoms with E-state index in [9.17, 15) is 9.59 Å². The quantitative estimate of drug-likeness (QED) is 0.547. The van der Waals surface area contributed by atoms with Gasteiger partial charge >= 0.3 is 5.97 Å². The van der Waals surface area contributed by atoms with Crippen molar-refractivity contribution in [3.8, 4) is 11.5 Å². The molecule has 0 aromatic heterocycles. The summed E-state index contributed by atoms with van der Waals surface area (Å²) in [6.07, 6.45) is 0.656. The highest BCUT2D eigenvalue weighted by Gasteiger charge is 2.12. The van der Waals surface area contributed by atoms with Crippen molar-refractivity contribution in [1.82, 2.24) is 0 Å². The molecule has 1 aromatic rings. The molecule has 98 valence electrons. The van der Waals surface area contributed by atoms with Gasteiger partial charge in [-0.15, -0.1) is 0 Å². The van der Waals surface area contributed by atoms with E-state index in [1.807, 2.05) is 6.92 Å². The van der Waals surface area contributed by atoms with E-state index >= 15 is 0 Å². The third-order valence-electron chi connectivity index (χ3n) is 2.08. The first kappa shape index (κ1) is 14.0. The van der Waals surface area contributed by atoms with E-state index in [-0.39, 0.29) is 19.0 Å². The molecule has 0 saturated carbocycles. The summed E-state index contributed by atoms with van der Waals surface area (Å²) in [5, 5.41) is 0. The van der Waals surface area contributed by atoms with Gasteiger partial charge in [-0.05, 0) is 26.0 Å². The van der Waals surface area contributed by atoms with Crippen LogP contribution in [-0.2, 0) is 9.53 Å². The van der Waals surface area contributed by atoms with Crippen LogP contribution in [0.2, 0.25) is 0 Å². The van der Waals surface area contributed by atoms with Crippen LogP contribution in [0.25, 0.3) is 0 Å². The molecule has 0 fully saturated rings. The molecule has 0 bridgehead atoms. The van der Waals surface area contributed by atoms with E-state index in [4.69, 9.17) is 14.2 Å². The van der Waals surface area contributed by atoms with E-state index in [1.165, 1.54) is 0 Å². The van der Waals surface area contributed by atoms with E-state index < -0.39 is 5.97 Å². The predicted octanol–water partition coefficient (Wildman–Crippen LogP) is 1.84. The first-order chi connectivity index (χ1) is 8.72. The smallest absolute Gasteiger partial charge is 0.344 e. The van der Waals surface area contributed by atoms with Gasteiger partial charge in [-0.25, -0.2) is 4.79 Å². The maximum absolute atomic E-state index is 11.2. The summed E-state index contributed by atoms with van der Waals surface area (Å²) in [6.45, 7) is 4.01. The second kappa shape index (κ2) is 7.32. The Morgan fingerprint density at radius 1 is 1.22 bits per heavy atom. The zero-order valence-corrected chi connectivity index (χ0v) is 10.5. The van der Waals surface area contributed by atoms with Crippen LogP contribution in [0.5, 0.6) is 11.5 Å². The Morgan fingerprint density at radius 3 is 2.61 bits per heavy atom. The number of benzene rings is 1. The average Bonchev–Trinajstić information content (AvgIpc) is 2.37. The fraction of sp³-hybridized carbons (Fsp3) is 0.385. The van der Waals surface area contributed by atoms with Crippen molar-refractivity contribution in [2.75, 3.05) is 19.8 Å². The third-order valence-corrected chi connectivity index (χ3v) is 2.08. The molecule has 0 N–H and O–H groups in total. The third kappa shape index (κ3) is 3.76. The predicted molar refractivity (Wildman–Crippen MR) is 65.1 cm³/mol. The molecule has 1 aromatic carbocycles. The van der Waals surface area contributed by atoms with Gasteiger partial charge in [0.15, 0.2) is 24.4 Å². The standard InChI is InChI=1S/C13H16O5/c1-3-16-11-7-5-6-10(8-14)13(11)18-9-12(15)17-4-2/h5-8H,3-4,9H2,1-2H3. The molecule has 0 aliphatic rings. The van der Waals surface area contributed by atoms with Crippen molar-refractivity contribution in [1.29, 1.82) is 0 Å². The lowest BCUT2D eigenvalue weighted by Crippen LogP contribution is -2.15. The fourth-order valence-electron chi connectivity index (χ4n) is 1.38. The Balaban J connectivity index is 2.83.